The van der Waals surface area contributed by atoms with Gasteiger partial charge in [0.25, 0.3) is 10.0 Å². The van der Waals surface area contributed by atoms with Gasteiger partial charge in [-0.2, -0.15) is 0 Å². The van der Waals surface area contributed by atoms with E-state index in [2.05, 4.69) is 4.72 Å². The number of rotatable bonds is 5. The third-order valence-corrected chi connectivity index (χ3v) is 6.14. The van der Waals surface area contributed by atoms with Gasteiger partial charge in [0, 0.05) is 11.1 Å². The smallest absolute Gasteiger partial charge is 0.261 e. The first kappa shape index (κ1) is 18.9. The summed E-state index contributed by atoms with van der Waals surface area (Å²) in [6.45, 7) is 1.89. The van der Waals surface area contributed by atoms with Crippen molar-refractivity contribution in [2.45, 2.75) is 11.8 Å². The summed E-state index contributed by atoms with van der Waals surface area (Å²) in [4.78, 5) is 13.3. The Hall–Kier alpha value is -3.44. The number of carbonyl (C=O) groups excluding carboxylic acids is 1. The van der Waals surface area contributed by atoms with Crippen LogP contribution in [0.15, 0.2) is 95.9 Å². The fourth-order valence-electron chi connectivity index (χ4n) is 3.18. The molecule has 0 amide bonds. The molecule has 144 valence electrons. The van der Waals surface area contributed by atoms with Gasteiger partial charge in [-0.15, -0.1) is 0 Å². The van der Waals surface area contributed by atoms with E-state index in [4.69, 9.17) is 0 Å². The normalized spacial score (nSPS) is 11.3. The molecule has 4 nitrogen and oxygen atoms in total. The van der Waals surface area contributed by atoms with E-state index in [1.807, 2.05) is 43.3 Å². The Balaban J connectivity index is 1.70. The van der Waals surface area contributed by atoms with Crippen LogP contribution in [0.25, 0.3) is 10.8 Å². The van der Waals surface area contributed by atoms with E-state index in [-0.39, 0.29) is 16.4 Å². The molecule has 0 aliphatic carbocycles. The first-order chi connectivity index (χ1) is 13.9. The van der Waals surface area contributed by atoms with E-state index in [1.54, 1.807) is 54.6 Å². The number of anilines is 1. The van der Waals surface area contributed by atoms with Crippen molar-refractivity contribution in [2.24, 2.45) is 0 Å². The first-order valence-electron chi connectivity index (χ1n) is 9.16. The average molecular weight is 401 g/mol. The zero-order chi connectivity index (χ0) is 20.4. The van der Waals surface area contributed by atoms with Gasteiger partial charge in [-0.25, -0.2) is 8.42 Å². The molecule has 0 aliphatic heterocycles. The minimum absolute atomic E-state index is 0.149. The molecule has 0 unspecified atom stereocenters. The number of para-hydroxylation sites is 1. The molecule has 0 saturated carbocycles. The van der Waals surface area contributed by atoms with Gasteiger partial charge in [0.1, 0.15) is 0 Å². The van der Waals surface area contributed by atoms with Gasteiger partial charge in [-0.3, -0.25) is 9.52 Å². The molecule has 29 heavy (non-hydrogen) atoms. The van der Waals surface area contributed by atoms with Crippen molar-refractivity contribution in [3.63, 3.8) is 0 Å². The predicted octanol–water partition coefficient (Wildman–Crippen LogP) is 5.18. The number of ketones is 1. The van der Waals surface area contributed by atoms with Crippen LogP contribution in [-0.4, -0.2) is 14.2 Å². The van der Waals surface area contributed by atoms with Gasteiger partial charge < -0.3 is 0 Å². The lowest BCUT2D eigenvalue weighted by Gasteiger charge is -2.12. The van der Waals surface area contributed by atoms with Gasteiger partial charge in [0.2, 0.25) is 0 Å². The quantitative estimate of drug-likeness (QED) is 0.469. The first-order valence-corrected chi connectivity index (χ1v) is 10.6. The Morgan fingerprint density at radius 2 is 1.41 bits per heavy atom. The molecule has 0 aliphatic rings. The second kappa shape index (κ2) is 7.53. The lowest BCUT2D eigenvalue weighted by molar-refractivity contribution is 0.103. The number of hydrogen-bond donors (Lipinski definition) is 1. The van der Waals surface area contributed by atoms with Gasteiger partial charge in [-0.1, -0.05) is 66.2 Å². The Labute approximate surface area is 169 Å². The third-order valence-electron chi connectivity index (χ3n) is 4.76. The van der Waals surface area contributed by atoms with Crippen molar-refractivity contribution >= 4 is 32.3 Å². The molecule has 0 bridgehead atoms. The van der Waals surface area contributed by atoms with Gasteiger partial charge in [0.15, 0.2) is 5.78 Å². The van der Waals surface area contributed by atoms with Gasteiger partial charge in [0.05, 0.1) is 10.6 Å². The van der Waals surface area contributed by atoms with E-state index >= 15 is 0 Å². The molecule has 5 heteroatoms. The summed E-state index contributed by atoms with van der Waals surface area (Å²) in [5.74, 6) is -0.238. The van der Waals surface area contributed by atoms with E-state index in [9.17, 15) is 13.2 Å². The van der Waals surface area contributed by atoms with Crippen molar-refractivity contribution in [3.05, 3.63) is 108 Å². The van der Waals surface area contributed by atoms with Crippen LogP contribution >= 0.6 is 0 Å². The summed E-state index contributed by atoms with van der Waals surface area (Å²) in [7, 11) is -3.81. The van der Waals surface area contributed by atoms with Crippen molar-refractivity contribution in [3.8, 4) is 0 Å². The average Bonchev–Trinajstić information content (AvgIpc) is 2.73. The number of carbonyl (C=O) groups is 1. The highest BCUT2D eigenvalue weighted by atomic mass is 32.2. The Morgan fingerprint density at radius 1 is 0.759 bits per heavy atom. The minimum Gasteiger partial charge on any atom is -0.289 e. The summed E-state index contributed by atoms with van der Waals surface area (Å²) in [5, 5.41) is 1.99. The maximum absolute atomic E-state index is 13.1. The Bertz CT molecular complexity index is 1310. The lowest BCUT2D eigenvalue weighted by atomic mass is 9.99. The number of nitrogens with one attached hydrogen (secondary N) is 1. The molecule has 4 aromatic carbocycles. The van der Waals surface area contributed by atoms with Crippen LogP contribution in [0.5, 0.6) is 0 Å². The predicted molar refractivity (Wildman–Crippen MR) is 116 cm³/mol. The molecular formula is C24H19NO3S. The highest BCUT2D eigenvalue weighted by Gasteiger charge is 2.19. The molecule has 4 aromatic rings. The summed E-state index contributed by atoms with van der Waals surface area (Å²) in [5.41, 5.74) is 2.03. The molecule has 0 saturated heterocycles. The van der Waals surface area contributed by atoms with E-state index < -0.39 is 10.0 Å². The Kier molecular flexibility index (Phi) is 4.91. The van der Waals surface area contributed by atoms with Crippen LogP contribution < -0.4 is 4.72 Å². The SMILES string of the molecule is Cc1ccc(S(=O)(=O)Nc2ccccc2C(=O)c2ccc3ccccc3c2)cc1. The zero-order valence-electron chi connectivity index (χ0n) is 15.8. The van der Waals surface area contributed by atoms with Gasteiger partial charge in [-0.05, 0) is 48.0 Å². The summed E-state index contributed by atoms with van der Waals surface area (Å²) in [6, 6.07) is 26.5. The Morgan fingerprint density at radius 3 is 2.17 bits per heavy atom. The second-order valence-corrected chi connectivity index (χ2v) is 8.54. The maximum Gasteiger partial charge on any atom is 0.261 e. The number of benzene rings is 4. The highest BCUT2D eigenvalue weighted by molar-refractivity contribution is 7.92. The van der Waals surface area contributed by atoms with E-state index in [0.29, 0.717) is 11.1 Å². The largest absolute Gasteiger partial charge is 0.289 e. The number of aryl methyl sites for hydroxylation is 1. The van der Waals surface area contributed by atoms with E-state index in [0.717, 1.165) is 16.3 Å². The monoisotopic (exact) mass is 401 g/mol. The molecule has 0 heterocycles. The van der Waals surface area contributed by atoms with Crippen LogP contribution in [0.3, 0.4) is 0 Å². The molecule has 0 aromatic heterocycles. The number of sulfonamides is 1. The van der Waals surface area contributed by atoms with Crippen LogP contribution in [0.2, 0.25) is 0 Å². The van der Waals surface area contributed by atoms with E-state index in [1.165, 1.54) is 0 Å². The number of hydrogen-bond acceptors (Lipinski definition) is 3. The topological polar surface area (TPSA) is 63.2 Å². The molecule has 4 rings (SSSR count). The standard InChI is InChI=1S/C24H19NO3S/c1-17-10-14-21(15-11-17)29(27,28)25-23-9-5-4-8-22(23)24(26)20-13-12-18-6-2-3-7-19(18)16-20/h2-16,25H,1H3. The second-order valence-electron chi connectivity index (χ2n) is 6.86. The fourth-order valence-corrected chi connectivity index (χ4v) is 4.26. The highest BCUT2D eigenvalue weighted by Crippen LogP contribution is 2.24. The summed E-state index contributed by atoms with van der Waals surface area (Å²) < 4.78 is 28.1. The molecule has 1 N–H and O–H groups in total. The molecule has 0 atom stereocenters. The van der Waals surface area contributed by atoms with Gasteiger partial charge >= 0.3 is 0 Å². The molecule has 0 spiro atoms. The van der Waals surface area contributed by atoms with Crippen LogP contribution in [-0.2, 0) is 10.0 Å². The third kappa shape index (κ3) is 3.91. The van der Waals surface area contributed by atoms with Crippen molar-refractivity contribution < 1.29 is 13.2 Å². The molecule has 0 radical (unpaired) electrons. The van der Waals surface area contributed by atoms with Crippen molar-refractivity contribution in [1.29, 1.82) is 0 Å². The molecule has 0 fully saturated rings. The van der Waals surface area contributed by atoms with Crippen LogP contribution in [0.1, 0.15) is 21.5 Å². The minimum atomic E-state index is -3.81. The summed E-state index contributed by atoms with van der Waals surface area (Å²) in [6.07, 6.45) is 0. The number of fused-ring (bicyclic) bond motifs is 1. The maximum atomic E-state index is 13.1. The van der Waals surface area contributed by atoms with Crippen molar-refractivity contribution in [2.75, 3.05) is 4.72 Å². The molecular weight excluding hydrogens is 382 g/mol. The fraction of sp³-hybridized carbons (Fsp3) is 0.0417. The van der Waals surface area contributed by atoms with Crippen LogP contribution in [0.4, 0.5) is 5.69 Å². The summed E-state index contributed by atoms with van der Waals surface area (Å²) >= 11 is 0. The van der Waals surface area contributed by atoms with Crippen molar-refractivity contribution in [1.82, 2.24) is 0 Å². The zero-order valence-corrected chi connectivity index (χ0v) is 16.6. The lowest BCUT2D eigenvalue weighted by Crippen LogP contribution is -2.16. The van der Waals surface area contributed by atoms with Crippen LogP contribution in [0, 0.1) is 6.92 Å².